The number of aryl methyl sites for hydroxylation is 1. The van der Waals surface area contributed by atoms with Gasteiger partial charge in [0.05, 0.1) is 15.9 Å². The smallest absolute Gasteiger partial charge is 0.384 e. The van der Waals surface area contributed by atoms with Gasteiger partial charge in [-0.25, -0.2) is 9.65 Å². The fourth-order valence-electron chi connectivity index (χ4n) is 1.50. The van der Waals surface area contributed by atoms with E-state index in [2.05, 4.69) is 5.09 Å². The molecule has 12 heteroatoms. The number of nitrogens with one attached hydrogen (secondary N) is 1. The van der Waals surface area contributed by atoms with Crippen molar-refractivity contribution >= 4 is 30.1 Å². The molecule has 0 aliphatic carbocycles. The molecule has 9 nitrogen and oxygen atoms in total. The lowest BCUT2D eigenvalue weighted by atomic mass is 10.2. The van der Waals surface area contributed by atoms with Crippen LogP contribution in [0.2, 0.25) is 0 Å². The second-order valence-corrected chi connectivity index (χ2v) is 13.0. The van der Waals surface area contributed by atoms with Crippen LogP contribution in [0, 0.1) is 23.0 Å². The first-order valence-corrected chi connectivity index (χ1v) is 12.9. The molecule has 2 unspecified atom stereocenters. The van der Waals surface area contributed by atoms with Crippen LogP contribution < -0.4 is 15.1 Å². The quantitative estimate of drug-likeness (QED) is 0.319. The summed E-state index contributed by atoms with van der Waals surface area (Å²) in [6, 6.07) is 4.09. The van der Waals surface area contributed by atoms with Gasteiger partial charge in [0.15, 0.2) is 0 Å². The first kappa shape index (κ1) is 24.1. The lowest BCUT2D eigenvalue weighted by Crippen LogP contribution is -2.18. The largest absolute Gasteiger partial charge is 0.418 e. The van der Waals surface area contributed by atoms with Crippen molar-refractivity contribution in [2.24, 2.45) is 11.4 Å². The molecule has 25 heavy (non-hydrogen) atoms. The van der Waals surface area contributed by atoms with E-state index in [0.29, 0.717) is 5.56 Å². The van der Waals surface area contributed by atoms with Crippen LogP contribution in [-0.2, 0) is 9.13 Å². The summed E-state index contributed by atoms with van der Waals surface area (Å²) in [5.74, 6) is -0.197. The molecule has 0 aliphatic rings. The lowest BCUT2D eigenvalue weighted by Gasteiger charge is -2.21. The van der Waals surface area contributed by atoms with E-state index < -0.39 is 18.4 Å². The Morgan fingerprint density at radius 2 is 1.96 bits per heavy atom. The molecule has 0 spiro atoms. The number of hydrogen-bond donors (Lipinski definition) is 3. The summed E-state index contributed by atoms with van der Waals surface area (Å²) < 4.78 is 29.4. The molecule has 0 saturated carbocycles. The third kappa shape index (κ3) is 9.39. The Balaban J connectivity index is 0.00000277. The number of nitrogens with two attached hydrogens (primary N) is 1. The second-order valence-electron chi connectivity index (χ2n) is 5.22. The van der Waals surface area contributed by atoms with Gasteiger partial charge in [0.25, 0.3) is 0 Å². The van der Waals surface area contributed by atoms with E-state index in [1.165, 1.54) is 12.1 Å². The molecule has 1 rings (SSSR count). The van der Waals surface area contributed by atoms with Gasteiger partial charge in [0, 0.05) is 12.6 Å². The fourth-order valence-corrected chi connectivity index (χ4v) is 8.22. The van der Waals surface area contributed by atoms with E-state index >= 15 is 0 Å². The molecule has 2 atom stereocenters. The van der Waals surface area contributed by atoms with Crippen molar-refractivity contribution in [2.75, 3.05) is 6.54 Å². The Morgan fingerprint density at radius 3 is 2.40 bits per heavy atom. The van der Waals surface area contributed by atoms with Crippen LogP contribution in [0.5, 0.6) is 5.75 Å². The number of rotatable bonds is 8. The van der Waals surface area contributed by atoms with Gasteiger partial charge in [-0.2, -0.15) is 0 Å². The maximum absolute atomic E-state index is 12.8. The van der Waals surface area contributed by atoms with Gasteiger partial charge in [0.2, 0.25) is 5.75 Å². The first-order valence-electron chi connectivity index (χ1n) is 7.54. The van der Waals surface area contributed by atoms with Crippen molar-refractivity contribution in [2.45, 2.75) is 34.6 Å². The Labute approximate surface area is 151 Å². The number of hydrogen-bond acceptors (Lipinski definition) is 6. The summed E-state index contributed by atoms with van der Waals surface area (Å²) >= 11 is 0.0541. The van der Waals surface area contributed by atoms with Gasteiger partial charge in [-0.1, -0.05) is 33.8 Å². The number of nitro benzene ring substituents is 1. The van der Waals surface area contributed by atoms with E-state index in [1.807, 2.05) is 27.7 Å². The fraction of sp³-hybridized carbons (Fsp3) is 0.538. The van der Waals surface area contributed by atoms with Gasteiger partial charge in [-0.05, 0) is 24.5 Å². The summed E-state index contributed by atoms with van der Waals surface area (Å²) in [5.41, 5.74) is 5.28. The molecule has 0 amide bonds. The summed E-state index contributed by atoms with van der Waals surface area (Å²) in [6.07, 6.45) is 0. The summed E-state index contributed by atoms with van der Waals surface area (Å²) in [5, 5.41) is 13.6. The van der Waals surface area contributed by atoms with E-state index in [0.717, 1.165) is 0 Å². The average molecular weight is 413 g/mol. The van der Waals surface area contributed by atoms with Gasteiger partial charge < -0.3 is 9.42 Å². The normalized spacial score (nSPS) is 15.5. The van der Waals surface area contributed by atoms with Crippen molar-refractivity contribution in [1.29, 1.82) is 0 Å². The minimum absolute atomic E-state index is 0.0541. The average Bonchev–Trinajstić information content (AvgIpc) is 2.47. The molecule has 1 aromatic carbocycles. The molecular formula is C13H25N3O6P2S. The molecule has 0 radical (unpaired) electrons. The maximum Gasteiger partial charge on any atom is 0.384 e. The number of nitrogens with zero attached hydrogens (tertiary/aromatic N) is 1. The Morgan fingerprint density at radius 1 is 1.40 bits per heavy atom. The summed E-state index contributed by atoms with van der Waals surface area (Å²) in [4.78, 5) is 19.7. The van der Waals surface area contributed by atoms with Crippen LogP contribution in [0.3, 0.4) is 0 Å². The zero-order valence-corrected chi connectivity index (χ0v) is 17.4. The summed E-state index contributed by atoms with van der Waals surface area (Å²) in [6.45, 7) is 1.32. The van der Waals surface area contributed by atoms with Gasteiger partial charge in [-0.3, -0.25) is 20.2 Å². The Bertz CT molecular complexity index is 680. The zero-order valence-electron chi connectivity index (χ0n) is 14.8. The third-order valence-electron chi connectivity index (χ3n) is 2.45. The molecule has 1 aromatic rings. The molecular weight excluding hydrogens is 388 g/mol. The van der Waals surface area contributed by atoms with Crippen LogP contribution in [0.25, 0.3) is 0 Å². The highest BCUT2D eigenvalue weighted by Gasteiger charge is 2.36. The number of nitro groups is 1. The molecule has 0 heterocycles. The molecule has 0 aliphatic heterocycles. The molecule has 144 valence electrons. The van der Waals surface area contributed by atoms with Crippen molar-refractivity contribution in [1.82, 2.24) is 5.09 Å². The second kappa shape index (κ2) is 10.3. The standard InChI is InChI=1S/C11H19N3O6P2S.C2H6/c1-8(2)7-13-22(19,23-21(12,17)18)20-11-5-4-9(3)6-10(11)14(15)16;1-2/h4-6,8H,7H2,1-3H3,(H,13,19)(H3,12,17,18);1-2H3. The Kier molecular flexibility index (Phi) is 9.94. The van der Waals surface area contributed by atoms with E-state index in [1.54, 1.807) is 13.0 Å². The minimum Gasteiger partial charge on any atom is -0.418 e. The van der Waals surface area contributed by atoms with Crippen molar-refractivity contribution in [3.63, 3.8) is 0 Å². The maximum atomic E-state index is 12.8. The molecule has 0 bridgehead atoms. The first-order chi connectivity index (χ1) is 11.4. The van der Waals surface area contributed by atoms with Crippen molar-refractivity contribution in [3.8, 4) is 5.75 Å². The highest BCUT2D eigenvalue weighted by atomic mass is 33.1. The molecule has 0 fully saturated rings. The third-order valence-corrected chi connectivity index (χ3v) is 9.90. The Hall–Kier alpha value is -0.890. The zero-order chi connectivity index (χ0) is 19.8. The van der Waals surface area contributed by atoms with E-state index in [4.69, 9.17) is 10.0 Å². The number of benzene rings is 1. The monoisotopic (exact) mass is 413 g/mol. The topological polar surface area (TPSA) is 145 Å². The molecule has 4 N–H and O–H groups in total. The SMILES string of the molecule is CC.Cc1ccc(OP(=O)(NCC(C)C)SP(N)(=O)O)c([N+](=O)[O-])c1. The molecule has 0 saturated heterocycles. The highest BCUT2D eigenvalue weighted by molar-refractivity contribution is 8.85. The van der Waals surface area contributed by atoms with Crippen LogP contribution in [0.1, 0.15) is 33.3 Å². The lowest BCUT2D eigenvalue weighted by molar-refractivity contribution is -0.385. The van der Waals surface area contributed by atoms with E-state index in [9.17, 15) is 24.1 Å². The van der Waals surface area contributed by atoms with E-state index in [-0.39, 0.29) is 34.9 Å². The predicted molar refractivity (Wildman–Crippen MR) is 102 cm³/mol. The molecule has 0 aromatic heterocycles. The highest BCUT2D eigenvalue weighted by Crippen LogP contribution is 2.70. The predicted octanol–water partition coefficient (Wildman–Crippen LogP) is 4.45. The van der Waals surface area contributed by atoms with Crippen LogP contribution >= 0.6 is 24.4 Å². The minimum atomic E-state index is -4.24. The van der Waals surface area contributed by atoms with Crippen molar-refractivity contribution in [3.05, 3.63) is 33.9 Å². The van der Waals surface area contributed by atoms with Crippen LogP contribution in [0.4, 0.5) is 5.69 Å². The van der Waals surface area contributed by atoms with Gasteiger partial charge in [-0.15, -0.1) is 0 Å². The van der Waals surface area contributed by atoms with Crippen LogP contribution in [-0.4, -0.2) is 16.4 Å². The van der Waals surface area contributed by atoms with Gasteiger partial charge >= 0.3 is 19.1 Å². The summed E-state index contributed by atoms with van der Waals surface area (Å²) in [7, 11) is 0. The van der Waals surface area contributed by atoms with Crippen LogP contribution in [0.15, 0.2) is 18.2 Å². The van der Waals surface area contributed by atoms with Gasteiger partial charge in [0.1, 0.15) is 0 Å². The van der Waals surface area contributed by atoms with Crippen molar-refractivity contribution < 1.29 is 23.5 Å².